The normalized spacial score (nSPS) is 23.7. The Morgan fingerprint density at radius 2 is 1.95 bits per heavy atom. The lowest BCUT2D eigenvalue weighted by atomic mass is 10.0. The molecule has 2 rings (SSSR count). The van der Waals surface area contributed by atoms with Crippen molar-refractivity contribution < 1.29 is 13.5 Å². The molecule has 1 saturated heterocycles. The van der Waals surface area contributed by atoms with Crippen LogP contribution in [0.1, 0.15) is 31.4 Å². The molecule has 0 bridgehead atoms. The zero-order valence-electron chi connectivity index (χ0n) is 11.8. The average molecular weight is 283 g/mol. The lowest BCUT2D eigenvalue weighted by molar-refractivity contribution is 0.0901. The smallest absolute Gasteiger partial charge is 0.243 e. The SMILES string of the molecule is Cc1ccc(S(=O)(=O)N2CCC(O)C2(C)C)c(C)c1. The molecule has 1 aliphatic heterocycles. The molecule has 4 nitrogen and oxygen atoms in total. The Balaban J connectivity index is 2.49. The molecule has 5 heteroatoms. The summed E-state index contributed by atoms with van der Waals surface area (Å²) in [6.07, 6.45) is -0.134. The second-order valence-corrected chi connectivity index (χ2v) is 7.63. The molecule has 0 aromatic heterocycles. The van der Waals surface area contributed by atoms with E-state index in [9.17, 15) is 13.5 Å². The van der Waals surface area contributed by atoms with Gasteiger partial charge in [-0.3, -0.25) is 0 Å². The number of aliphatic hydroxyl groups is 1. The number of benzene rings is 1. The van der Waals surface area contributed by atoms with Crippen molar-refractivity contribution in [1.82, 2.24) is 4.31 Å². The Morgan fingerprint density at radius 1 is 1.32 bits per heavy atom. The summed E-state index contributed by atoms with van der Waals surface area (Å²) >= 11 is 0. The zero-order chi connectivity index (χ0) is 14.4. The molecule has 1 aromatic rings. The first-order valence-electron chi connectivity index (χ1n) is 6.45. The fourth-order valence-electron chi connectivity index (χ4n) is 2.68. The topological polar surface area (TPSA) is 57.6 Å². The maximum atomic E-state index is 12.7. The minimum Gasteiger partial charge on any atom is -0.391 e. The van der Waals surface area contributed by atoms with Crippen LogP contribution in [0.3, 0.4) is 0 Å². The third kappa shape index (κ3) is 2.30. The van der Waals surface area contributed by atoms with Crippen LogP contribution in [-0.4, -0.2) is 36.0 Å². The molecule has 1 fully saturated rings. The standard InChI is InChI=1S/C14H21NO3S/c1-10-5-6-12(11(2)9-10)19(17,18)15-8-7-13(16)14(15,3)4/h5-6,9,13,16H,7-8H2,1-4H3. The highest BCUT2D eigenvalue weighted by Gasteiger charge is 2.47. The van der Waals surface area contributed by atoms with Gasteiger partial charge in [-0.1, -0.05) is 17.7 Å². The second kappa shape index (κ2) is 4.58. The minimum absolute atomic E-state index is 0.334. The van der Waals surface area contributed by atoms with Crippen LogP contribution in [0.25, 0.3) is 0 Å². The Morgan fingerprint density at radius 3 is 2.42 bits per heavy atom. The van der Waals surface area contributed by atoms with Gasteiger partial charge >= 0.3 is 0 Å². The van der Waals surface area contributed by atoms with E-state index in [1.807, 2.05) is 13.0 Å². The van der Waals surface area contributed by atoms with E-state index >= 15 is 0 Å². The van der Waals surface area contributed by atoms with Crippen molar-refractivity contribution >= 4 is 10.0 Å². The Hall–Kier alpha value is -0.910. The summed E-state index contributed by atoms with van der Waals surface area (Å²) in [6, 6.07) is 5.33. The summed E-state index contributed by atoms with van der Waals surface area (Å²) in [7, 11) is -3.55. The first-order chi connectivity index (χ1) is 8.67. The van der Waals surface area contributed by atoms with Crippen LogP contribution >= 0.6 is 0 Å². The van der Waals surface area contributed by atoms with E-state index < -0.39 is 21.7 Å². The molecule has 1 aliphatic rings. The Labute approximate surface area is 115 Å². The quantitative estimate of drug-likeness (QED) is 0.901. The van der Waals surface area contributed by atoms with Gasteiger partial charge in [0.15, 0.2) is 0 Å². The van der Waals surface area contributed by atoms with Crippen LogP contribution in [0.5, 0.6) is 0 Å². The van der Waals surface area contributed by atoms with Gasteiger partial charge in [0.2, 0.25) is 10.0 Å². The molecule has 1 aromatic carbocycles. The van der Waals surface area contributed by atoms with Gasteiger partial charge in [-0.2, -0.15) is 4.31 Å². The highest BCUT2D eigenvalue weighted by Crippen LogP contribution is 2.35. The van der Waals surface area contributed by atoms with Gasteiger partial charge in [0.05, 0.1) is 16.5 Å². The largest absolute Gasteiger partial charge is 0.391 e. The third-order valence-corrected chi connectivity index (χ3v) is 6.21. The lowest BCUT2D eigenvalue weighted by Crippen LogP contribution is -2.48. The number of sulfonamides is 1. The summed E-state index contributed by atoms with van der Waals surface area (Å²) in [6.45, 7) is 7.65. The van der Waals surface area contributed by atoms with Crippen LogP contribution in [-0.2, 0) is 10.0 Å². The summed E-state index contributed by atoms with van der Waals surface area (Å²) in [5, 5.41) is 9.94. The number of hydrogen-bond donors (Lipinski definition) is 1. The van der Waals surface area contributed by atoms with Crippen molar-refractivity contribution in [3.8, 4) is 0 Å². The minimum atomic E-state index is -3.55. The van der Waals surface area contributed by atoms with Crippen LogP contribution in [0.2, 0.25) is 0 Å². The first-order valence-corrected chi connectivity index (χ1v) is 7.89. The molecule has 0 radical (unpaired) electrons. The number of aryl methyl sites for hydroxylation is 2. The zero-order valence-corrected chi connectivity index (χ0v) is 12.7. The Kier molecular flexibility index (Phi) is 3.49. The molecule has 19 heavy (non-hydrogen) atoms. The summed E-state index contributed by atoms with van der Waals surface area (Å²) < 4.78 is 26.9. The van der Waals surface area contributed by atoms with Crippen molar-refractivity contribution in [3.63, 3.8) is 0 Å². The van der Waals surface area contributed by atoms with E-state index in [4.69, 9.17) is 0 Å². The van der Waals surface area contributed by atoms with Gasteiger partial charge in [0.1, 0.15) is 0 Å². The van der Waals surface area contributed by atoms with Crippen LogP contribution in [0.15, 0.2) is 23.1 Å². The van der Waals surface area contributed by atoms with Crippen LogP contribution < -0.4 is 0 Å². The average Bonchev–Trinajstić information content (AvgIpc) is 2.53. The highest BCUT2D eigenvalue weighted by atomic mass is 32.2. The van der Waals surface area contributed by atoms with E-state index in [0.717, 1.165) is 11.1 Å². The maximum absolute atomic E-state index is 12.7. The van der Waals surface area contributed by atoms with Crippen LogP contribution in [0, 0.1) is 13.8 Å². The molecular weight excluding hydrogens is 262 g/mol. The number of hydrogen-bond acceptors (Lipinski definition) is 3. The van der Waals surface area contributed by atoms with Gasteiger partial charge in [-0.15, -0.1) is 0 Å². The molecule has 1 heterocycles. The van der Waals surface area contributed by atoms with Gasteiger partial charge in [-0.25, -0.2) is 8.42 Å². The van der Waals surface area contributed by atoms with Gasteiger partial charge < -0.3 is 5.11 Å². The number of aliphatic hydroxyl groups excluding tert-OH is 1. The van der Waals surface area contributed by atoms with Crippen molar-refractivity contribution in [2.45, 2.75) is 50.7 Å². The highest BCUT2D eigenvalue weighted by molar-refractivity contribution is 7.89. The Bertz CT molecular complexity index is 593. The molecule has 1 unspecified atom stereocenters. The van der Waals surface area contributed by atoms with Gasteiger partial charge in [-0.05, 0) is 45.7 Å². The summed E-state index contributed by atoms with van der Waals surface area (Å²) in [5.74, 6) is 0. The fraction of sp³-hybridized carbons (Fsp3) is 0.571. The molecular formula is C14H21NO3S. The van der Waals surface area contributed by atoms with E-state index in [1.165, 1.54) is 4.31 Å². The number of rotatable bonds is 2. The predicted molar refractivity (Wildman–Crippen MR) is 74.5 cm³/mol. The van der Waals surface area contributed by atoms with E-state index in [1.54, 1.807) is 32.9 Å². The van der Waals surface area contributed by atoms with Crippen molar-refractivity contribution in [2.24, 2.45) is 0 Å². The van der Waals surface area contributed by atoms with Crippen molar-refractivity contribution in [1.29, 1.82) is 0 Å². The van der Waals surface area contributed by atoms with E-state index in [2.05, 4.69) is 0 Å². The van der Waals surface area contributed by atoms with Gasteiger partial charge in [0, 0.05) is 6.54 Å². The molecule has 1 N–H and O–H groups in total. The molecule has 106 valence electrons. The molecule has 0 spiro atoms. The number of nitrogens with zero attached hydrogens (tertiary/aromatic N) is 1. The van der Waals surface area contributed by atoms with Crippen molar-refractivity contribution in [3.05, 3.63) is 29.3 Å². The van der Waals surface area contributed by atoms with Crippen LogP contribution in [0.4, 0.5) is 0 Å². The first kappa shape index (κ1) is 14.5. The predicted octanol–water partition coefficient (Wildman–Crippen LogP) is 1.84. The molecule has 0 saturated carbocycles. The molecule has 0 amide bonds. The van der Waals surface area contributed by atoms with E-state index in [0.29, 0.717) is 17.9 Å². The molecule has 0 aliphatic carbocycles. The maximum Gasteiger partial charge on any atom is 0.243 e. The fourth-order valence-corrected chi connectivity index (χ4v) is 4.71. The van der Waals surface area contributed by atoms with E-state index in [-0.39, 0.29) is 0 Å². The molecule has 1 atom stereocenters. The second-order valence-electron chi connectivity index (χ2n) is 5.80. The monoisotopic (exact) mass is 283 g/mol. The lowest BCUT2D eigenvalue weighted by Gasteiger charge is -2.33. The van der Waals surface area contributed by atoms with Crippen molar-refractivity contribution in [2.75, 3.05) is 6.54 Å². The summed E-state index contributed by atoms with van der Waals surface area (Å²) in [4.78, 5) is 0.334. The van der Waals surface area contributed by atoms with Gasteiger partial charge in [0.25, 0.3) is 0 Å². The summed E-state index contributed by atoms with van der Waals surface area (Å²) in [5.41, 5.74) is 1.03. The third-order valence-electron chi connectivity index (χ3n) is 3.96.